The summed E-state index contributed by atoms with van der Waals surface area (Å²) in [5, 5.41) is 0. The lowest BCUT2D eigenvalue weighted by molar-refractivity contribution is 0.0302. The van der Waals surface area contributed by atoms with Crippen LogP contribution in [0.5, 0.6) is 0 Å². The SMILES string of the molecule is O=C(c1cn[c]nc1)N1CCOCC1. The Morgan fingerprint density at radius 2 is 2.00 bits per heavy atom. The van der Waals surface area contributed by atoms with Gasteiger partial charge in [0.2, 0.25) is 0 Å². The standard InChI is InChI=1S/C9H10N3O2/c13-9(8-5-10-7-11-6-8)12-1-3-14-4-2-12/h5-6H,1-4H2. The first-order chi connectivity index (χ1) is 6.88. The van der Waals surface area contributed by atoms with Gasteiger partial charge in [0.05, 0.1) is 18.8 Å². The van der Waals surface area contributed by atoms with Crippen LogP contribution in [0.2, 0.25) is 0 Å². The molecule has 0 N–H and O–H groups in total. The number of carbonyl (C=O) groups excluding carboxylic acids is 1. The molecule has 2 rings (SSSR count). The van der Waals surface area contributed by atoms with Crippen molar-refractivity contribution in [2.75, 3.05) is 26.3 Å². The molecule has 0 bridgehead atoms. The van der Waals surface area contributed by atoms with Crippen LogP contribution in [0, 0.1) is 6.33 Å². The Hall–Kier alpha value is -1.49. The molecule has 0 aromatic carbocycles. The second kappa shape index (κ2) is 4.15. The molecular formula is C9H10N3O2. The highest BCUT2D eigenvalue weighted by Crippen LogP contribution is 2.04. The highest BCUT2D eigenvalue weighted by atomic mass is 16.5. The van der Waals surface area contributed by atoms with Crippen LogP contribution in [0.15, 0.2) is 12.4 Å². The summed E-state index contributed by atoms with van der Waals surface area (Å²) in [6, 6.07) is 0. The van der Waals surface area contributed by atoms with Gasteiger partial charge < -0.3 is 9.64 Å². The zero-order chi connectivity index (χ0) is 9.80. The van der Waals surface area contributed by atoms with Crippen molar-refractivity contribution in [1.82, 2.24) is 14.9 Å². The average Bonchev–Trinajstić information content (AvgIpc) is 2.30. The van der Waals surface area contributed by atoms with Crippen LogP contribution in [0.3, 0.4) is 0 Å². The van der Waals surface area contributed by atoms with Crippen molar-refractivity contribution in [3.8, 4) is 0 Å². The first-order valence-corrected chi connectivity index (χ1v) is 4.43. The third kappa shape index (κ3) is 1.88. The number of carbonyl (C=O) groups is 1. The third-order valence-electron chi connectivity index (χ3n) is 2.07. The van der Waals surface area contributed by atoms with Crippen LogP contribution >= 0.6 is 0 Å². The highest BCUT2D eigenvalue weighted by Gasteiger charge is 2.18. The van der Waals surface area contributed by atoms with E-state index in [1.165, 1.54) is 12.4 Å². The Kier molecular flexibility index (Phi) is 2.69. The molecule has 1 radical (unpaired) electrons. The Bertz CT molecular complexity index is 309. The van der Waals surface area contributed by atoms with E-state index >= 15 is 0 Å². The Morgan fingerprint density at radius 1 is 1.36 bits per heavy atom. The second-order valence-corrected chi connectivity index (χ2v) is 2.98. The quantitative estimate of drug-likeness (QED) is 0.615. The predicted octanol–water partition coefficient (Wildman–Crippen LogP) is -0.251. The minimum absolute atomic E-state index is 0.0395. The van der Waals surface area contributed by atoms with Gasteiger partial charge in [0.25, 0.3) is 5.91 Å². The summed E-state index contributed by atoms with van der Waals surface area (Å²) in [6.07, 6.45) is 5.35. The van der Waals surface area contributed by atoms with Crippen molar-refractivity contribution in [3.63, 3.8) is 0 Å². The largest absolute Gasteiger partial charge is 0.378 e. The van der Waals surface area contributed by atoms with E-state index in [4.69, 9.17) is 4.74 Å². The van der Waals surface area contributed by atoms with E-state index < -0.39 is 0 Å². The van der Waals surface area contributed by atoms with E-state index in [0.29, 0.717) is 31.9 Å². The van der Waals surface area contributed by atoms with Crippen molar-refractivity contribution in [1.29, 1.82) is 0 Å². The van der Waals surface area contributed by atoms with Crippen molar-refractivity contribution in [2.24, 2.45) is 0 Å². The van der Waals surface area contributed by atoms with Gasteiger partial charge in [-0.15, -0.1) is 0 Å². The normalized spacial score (nSPS) is 16.7. The van der Waals surface area contributed by atoms with Crippen LogP contribution in [0.25, 0.3) is 0 Å². The van der Waals surface area contributed by atoms with Crippen LogP contribution in [-0.4, -0.2) is 47.1 Å². The van der Waals surface area contributed by atoms with E-state index in [-0.39, 0.29) is 5.91 Å². The van der Waals surface area contributed by atoms with Crippen molar-refractivity contribution in [2.45, 2.75) is 0 Å². The minimum atomic E-state index is -0.0395. The molecule has 1 saturated heterocycles. The fourth-order valence-electron chi connectivity index (χ4n) is 1.32. The lowest BCUT2D eigenvalue weighted by Gasteiger charge is -2.26. The van der Waals surface area contributed by atoms with Gasteiger partial charge in [0.15, 0.2) is 6.33 Å². The smallest absolute Gasteiger partial charge is 0.257 e. The minimum Gasteiger partial charge on any atom is -0.378 e. The summed E-state index contributed by atoms with van der Waals surface area (Å²) in [4.78, 5) is 20.9. The average molecular weight is 192 g/mol. The predicted molar refractivity (Wildman–Crippen MR) is 47.6 cm³/mol. The Morgan fingerprint density at radius 3 is 2.64 bits per heavy atom. The summed E-state index contributed by atoms with van der Waals surface area (Å²) < 4.78 is 5.15. The molecule has 0 saturated carbocycles. The molecule has 0 atom stereocenters. The van der Waals surface area contributed by atoms with Gasteiger partial charge in [-0.25, -0.2) is 9.97 Å². The van der Waals surface area contributed by atoms with Crippen LogP contribution in [0.1, 0.15) is 10.4 Å². The molecule has 14 heavy (non-hydrogen) atoms. The summed E-state index contributed by atoms with van der Waals surface area (Å²) in [7, 11) is 0. The molecular weight excluding hydrogens is 182 g/mol. The summed E-state index contributed by atoms with van der Waals surface area (Å²) in [5.41, 5.74) is 0.505. The van der Waals surface area contributed by atoms with Crippen molar-refractivity contribution in [3.05, 3.63) is 24.3 Å². The molecule has 1 aromatic rings. The number of nitrogens with zero attached hydrogens (tertiary/aromatic N) is 3. The maximum absolute atomic E-state index is 11.8. The summed E-state index contributed by atoms with van der Waals surface area (Å²) in [5.74, 6) is -0.0395. The third-order valence-corrected chi connectivity index (χ3v) is 2.07. The maximum Gasteiger partial charge on any atom is 0.257 e. The second-order valence-electron chi connectivity index (χ2n) is 2.98. The van der Waals surface area contributed by atoms with Gasteiger partial charge in [-0.1, -0.05) is 0 Å². The molecule has 5 heteroatoms. The van der Waals surface area contributed by atoms with Gasteiger partial charge >= 0.3 is 0 Å². The van der Waals surface area contributed by atoms with Gasteiger partial charge in [-0.05, 0) is 0 Å². The highest BCUT2D eigenvalue weighted by molar-refractivity contribution is 5.93. The molecule has 5 nitrogen and oxygen atoms in total. The van der Waals surface area contributed by atoms with Crippen molar-refractivity contribution < 1.29 is 9.53 Å². The lowest BCUT2D eigenvalue weighted by atomic mass is 10.3. The van der Waals surface area contributed by atoms with E-state index in [1.807, 2.05) is 0 Å². The zero-order valence-electron chi connectivity index (χ0n) is 7.64. The Balaban J connectivity index is 2.07. The van der Waals surface area contributed by atoms with Gasteiger partial charge in [0, 0.05) is 25.5 Å². The van der Waals surface area contributed by atoms with E-state index in [0.717, 1.165) is 0 Å². The number of ether oxygens (including phenoxy) is 1. The molecule has 0 spiro atoms. The molecule has 1 aromatic heterocycles. The van der Waals surface area contributed by atoms with Crippen LogP contribution in [-0.2, 0) is 4.74 Å². The van der Waals surface area contributed by atoms with E-state index in [2.05, 4.69) is 16.3 Å². The summed E-state index contributed by atoms with van der Waals surface area (Å²) >= 11 is 0. The molecule has 1 fully saturated rings. The number of hydrogen-bond donors (Lipinski definition) is 0. The van der Waals surface area contributed by atoms with E-state index in [1.54, 1.807) is 4.90 Å². The van der Waals surface area contributed by atoms with Crippen LogP contribution in [0.4, 0.5) is 0 Å². The van der Waals surface area contributed by atoms with E-state index in [9.17, 15) is 4.79 Å². The van der Waals surface area contributed by atoms with Gasteiger partial charge in [-0.2, -0.15) is 0 Å². The molecule has 1 aliphatic heterocycles. The van der Waals surface area contributed by atoms with Gasteiger partial charge in [0.1, 0.15) is 0 Å². The fourth-order valence-corrected chi connectivity index (χ4v) is 1.32. The molecule has 0 aliphatic carbocycles. The summed E-state index contributed by atoms with van der Waals surface area (Å²) in [6.45, 7) is 2.48. The molecule has 73 valence electrons. The topological polar surface area (TPSA) is 55.3 Å². The number of morpholine rings is 1. The monoisotopic (exact) mass is 192 g/mol. The van der Waals surface area contributed by atoms with Crippen molar-refractivity contribution >= 4 is 5.91 Å². The molecule has 1 aliphatic rings. The first-order valence-electron chi connectivity index (χ1n) is 4.43. The first kappa shape index (κ1) is 9.08. The molecule has 1 amide bonds. The van der Waals surface area contributed by atoms with Gasteiger partial charge in [-0.3, -0.25) is 4.79 Å². The molecule has 2 heterocycles. The molecule has 0 unspecified atom stereocenters. The zero-order valence-corrected chi connectivity index (χ0v) is 7.64. The number of hydrogen-bond acceptors (Lipinski definition) is 4. The Labute approximate surface area is 81.7 Å². The number of amides is 1. The maximum atomic E-state index is 11.8. The number of rotatable bonds is 1. The van der Waals surface area contributed by atoms with Crippen LogP contribution < -0.4 is 0 Å². The number of aromatic nitrogens is 2. The fraction of sp³-hybridized carbons (Fsp3) is 0.444. The lowest BCUT2D eigenvalue weighted by Crippen LogP contribution is -2.40.